The molecule has 3 aromatic heterocycles. The zero-order valence-electron chi connectivity index (χ0n) is 22.8. The molecule has 0 bridgehead atoms. The topological polar surface area (TPSA) is 113 Å². The first-order valence-corrected chi connectivity index (χ1v) is 14.5. The Labute approximate surface area is 249 Å². The Morgan fingerprint density at radius 1 is 1.07 bits per heavy atom. The second kappa shape index (κ2) is 12.1. The number of hydrogen-bond donors (Lipinski definition) is 2. The number of anilines is 1. The maximum absolute atomic E-state index is 13.8. The van der Waals surface area contributed by atoms with E-state index in [1.165, 1.54) is 0 Å². The van der Waals surface area contributed by atoms with E-state index in [0.717, 1.165) is 47.5 Å². The molecule has 4 aromatic rings. The van der Waals surface area contributed by atoms with Gasteiger partial charge in [0.15, 0.2) is 0 Å². The minimum absolute atomic E-state index is 0.206. The molecule has 0 aliphatic carbocycles. The number of alkyl halides is 3. The van der Waals surface area contributed by atoms with Crippen molar-refractivity contribution in [3.63, 3.8) is 0 Å². The van der Waals surface area contributed by atoms with Gasteiger partial charge in [0.1, 0.15) is 0 Å². The Kier molecular flexibility index (Phi) is 8.08. The van der Waals surface area contributed by atoms with Crippen LogP contribution >= 0.6 is 11.8 Å². The first kappa shape index (κ1) is 28.7. The van der Waals surface area contributed by atoms with Gasteiger partial charge in [0.05, 0.1) is 27.6 Å². The van der Waals surface area contributed by atoms with Crippen molar-refractivity contribution < 1.29 is 22.8 Å². The highest BCUT2D eigenvalue weighted by Crippen LogP contribution is 2.34. The number of benzene rings is 1. The van der Waals surface area contributed by atoms with Crippen LogP contribution in [0.3, 0.4) is 0 Å². The van der Waals surface area contributed by atoms with Gasteiger partial charge in [-0.05, 0) is 72.8 Å². The number of rotatable bonds is 7. The predicted octanol–water partition coefficient (Wildman–Crippen LogP) is 5.44. The number of imide groups is 1. The van der Waals surface area contributed by atoms with Gasteiger partial charge < -0.3 is 10.2 Å². The third kappa shape index (κ3) is 6.67. The van der Waals surface area contributed by atoms with Gasteiger partial charge in [-0.2, -0.15) is 13.2 Å². The molecule has 43 heavy (non-hydrogen) atoms. The second-order valence-corrected chi connectivity index (χ2v) is 11.3. The number of nitrogens with zero attached hydrogens (tertiary/aromatic N) is 5. The molecule has 13 heteroatoms. The van der Waals surface area contributed by atoms with Crippen molar-refractivity contribution in [1.82, 2.24) is 30.6 Å². The summed E-state index contributed by atoms with van der Waals surface area (Å²) in [6.45, 7) is 2.26. The van der Waals surface area contributed by atoms with Gasteiger partial charge in [-0.1, -0.05) is 18.2 Å². The van der Waals surface area contributed by atoms with Gasteiger partial charge in [-0.15, -0.1) is 0 Å². The predicted molar refractivity (Wildman–Crippen MR) is 158 cm³/mol. The van der Waals surface area contributed by atoms with Crippen LogP contribution in [0.1, 0.15) is 29.8 Å². The smallest absolute Gasteiger partial charge is 0.341 e. The molecule has 220 valence electrons. The maximum atomic E-state index is 13.8. The Morgan fingerprint density at radius 2 is 1.91 bits per heavy atom. The molecular weight excluding hydrogens is 579 g/mol. The van der Waals surface area contributed by atoms with Gasteiger partial charge >= 0.3 is 6.18 Å². The third-order valence-corrected chi connectivity index (χ3v) is 8.19. The van der Waals surface area contributed by atoms with Crippen LogP contribution < -0.4 is 15.5 Å². The molecule has 2 saturated heterocycles. The minimum atomic E-state index is -4.50. The van der Waals surface area contributed by atoms with Crippen LogP contribution in [0.4, 0.5) is 23.9 Å². The summed E-state index contributed by atoms with van der Waals surface area (Å²) in [4.78, 5) is 43.2. The van der Waals surface area contributed by atoms with E-state index in [2.05, 4.69) is 35.5 Å². The largest absolute Gasteiger partial charge is 0.416 e. The lowest BCUT2D eigenvalue weighted by Gasteiger charge is -2.32. The first-order chi connectivity index (χ1) is 20.7. The Hall–Kier alpha value is -4.36. The summed E-state index contributed by atoms with van der Waals surface area (Å²) in [7, 11) is 0. The van der Waals surface area contributed by atoms with Crippen molar-refractivity contribution >= 4 is 45.7 Å². The fourth-order valence-corrected chi connectivity index (χ4v) is 5.88. The van der Waals surface area contributed by atoms with E-state index in [1.54, 1.807) is 48.9 Å². The molecule has 2 aliphatic heterocycles. The highest BCUT2D eigenvalue weighted by Gasteiger charge is 2.32. The van der Waals surface area contributed by atoms with Crippen molar-refractivity contribution in [2.24, 2.45) is 5.92 Å². The number of thioether (sulfide) groups is 1. The number of pyridine rings is 2. The molecule has 0 unspecified atom stereocenters. The van der Waals surface area contributed by atoms with Gasteiger partial charge in [-0.3, -0.25) is 24.9 Å². The number of carbonyl (C=O) groups excluding carboxylic acids is 2. The standard InChI is InChI=1S/C30H26F3N7O2S/c31-30(32,33)20-12-22(37-25(13-20)24-3-1-2-19-16-34-8-5-23(19)24)17-35-15-18-6-10-40(11-7-18)28-36-9-4-21(38-28)14-26-27(41)39-29(42)43-26/h1-5,8-9,12-14,16,18,35H,6-7,10-11,15,17H2,(H,39,41,42). The van der Waals surface area contributed by atoms with Crippen LogP contribution in [0.5, 0.6) is 0 Å². The SMILES string of the molecule is O=C1NC(=O)C(=Cc2ccnc(N3CCC(CNCc4cc(C(F)(F)F)cc(-c5cccc6cnccc56)n4)CC3)n2)S1. The van der Waals surface area contributed by atoms with E-state index < -0.39 is 22.9 Å². The van der Waals surface area contributed by atoms with E-state index in [-0.39, 0.29) is 17.1 Å². The molecular formula is C30H26F3N7O2S. The van der Waals surface area contributed by atoms with Crippen LogP contribution in [-0.2, 0) is 17.5 Å². The summed E-state index contributed by atoms with van der Waals surface area (Å²) < 4.78 is 41.5. The van der Waals surface area contributed by atoms with Crippen molar-refractivity contribution in [1.29, 1.82) is 0 Å². The van der Waals surface area contributed by atoms with Gasteiger partial charge in [0.25, 0.3) is 11.1 Å². The van der Waals surface area contributed by atoms with E-state index in [4.69, 9.17) is 0 Å². The van der Waals surface area contributed by atoms with E-state index in [1.807, 2.05) is 6.07 Å². The Bertz CT molecular complexity index is 1720. The fraction of sp³-hybridized carbons (Fsp3) is 0.267. The summed E-state index contributed by atoms with van der Waals surface area (Å²) >= 11 is 0.836. The Balaban J connectivity index is 1.09. The van der Waals surface area contributed by atoms with Crippen LogP contribution in [0.2, 0.25) is 0 Å². The van der Waals surface area contributed by atoms with Crippen molar-refractivity contribution in [2.75, 3.05) is 24.5 Å². The summed E-state index contributed by atoms with van der Waals surface area (Å²) in [6.07, 6.45) is 3.68. The molecule has 2 N–H and O–H groups in total. The summed E-state index contributed by atoms with van der Waals surface area (Å²) in [5, 5.41) is 6.75. The number of amides is 2. The van der Waals surface area contributed by atoms with Gasteiger partial charge in [-0.25, -0.2) is 9.97 Å². The molecule has 9 nitrogen and oxygen atoms in total. The number of nitrogens with one attached hydrogen (secondary N) is 2. The molecule has 0 saturated carbocycles. The number of fused-ring (bicyclic) bond motifs is 1. The van der Waals surface area contributed by atoms with Crippen LogP contribution in [0.15, 0.2) is 66.0 Å². The monoisotopic (exact) mass is 605 g/mol. The minimum Gasteiger partial charge on any atom is -0.341 e. The number of hydrogen-bond acceptors (Lipinski definition) is 9. The zero-order chi connectivity index (χ0) is 30.0. The molecule has 0 spiro atoms. The molecule has 2 fully saturated rings. The number of piperidine rings is 1. The van der Waals surface area contributed by atoms with Crippen LogP contribution in [0, 0.1) is 5.92 Å². The highest BCUT2D eigenvalue weighted by atomic mass is 32.2. The van der Waals surface area contributed by atoms with Crippen molar-refractivity contribution in [3.05, 3.63) is 82.9 Å². The molecule has 2 amide bonds. The summed E-state index contributed by atoms with van der Waals surface area (Å²) in [5.74, 6) is 0.425. The first-order valence-electron chi connectivity index (χ1n) is 13.7. The third-order valence-electron chi connectivity index (χ3n) is 7.38. The lowest BCUT2D eigenvalue weighted by Crippen LogP contribution is -2.38. The van der Waals surface area contributed by atoms with E-state index in [9.17, 15) is 22.8 Å². The lowest BCUT2D eigenvalue weighted by molar-refractivity contribution is -0.137. The average molecular weight is 606 g/mol. The summed E-state index contributed by atoms with van der Waals surface area (Å²) in [6, 6.07) is 11.1. The van der Waals surface area contributed by atoms with E-state index >= 15 is 0 Å². The van der Waals surface area contributed by atoms with Crippen molar-refractivity contribution in [2.45, 2.75) is 25.6 Å². The number of carbonyl (C=O) groups is 2. The molecule has 0 atom stereocenters. The molecule has 0 radical (unpaired) electrons. The number of aromatic nitrogens is 4. The quantitative estimate of drug-likeness (QED) is 0.266. The Morgan fingerprint density at radius 3 is 2.67 bits per heavy atom. The second-order valence-electron chi connectivity index (χ2n) is 10.3. The van der Waals surface area contributed by atoms with Gasteiger partial charge in [0, 0.05) is 49.2 Å². The fourth-order valence-electron chi connectivity index (χ4n) is 5.22. The number of halogens is 3. The lowest BCUT2D eigenvalue weighted by atomic mass is 9.97. The maximum Gasteiger partial charge on any atom is 0.416 e. The van der Waals surface area contributed by atoms with Crippen molar-refractivity contribution in [3.8, 4) is 11.3 Å². The summed E-state index contributed by atoms with van der Waals surface area (Å²) in [5.41, 5.74) is 1.03. The molecule has 1 aromatic carbocycles. The normalized spacial score (nSPS) is 17.2. The van der Waals surface area contributed by atoms with Crippen LogP contribution in [0.25, 0.3) is 28.1 Å². The molecule has 6 rings (SSSR count). The van der Waals surface area contributed by atoms with Crippen LogP contribution in [-0.4, -0.2) is 50.7 Å². The zero-order valence-corrected chi connectivity index (χ0v) is 23.6. The van der Waals surface area contributed by atoms with Gasteiger partial charge in [0.2, 0.25) is 5.95 Å². The molecule has 2 aliphatic rings. The van der Waals surface area contributed by atoms with E-state index in [0.29, 0.717) is 48.5 Å². The average Bonchev–Trinajstić information content (AvgIpc) is 3.32. The highest BCUT2D eigenvalue weighted by molar-refractivity contribution is 8.18. The molecule has 5 heterocycles.